The lowest BCUT2D eigenvalue weighted by Crippen LogP contribution is -2.57. The van der Waals surface area contributed by atoms with Crippen LogP contribution in [-0.2, 0) is 9.47 Å². The lowest BCUT2D eigenvalue weighted by molar-refractivity contribution is -0.505. The normalized spacial score (nSPS) is 14.6. The third-order valence-corrected chi connectivity index (χ3v) is 2.83. The fourth-order valence-corrected chi connectivity index (χ4v) is 1.83. The monoisotopic (exact) mass is 474 g/mol. The molecular formula is C12H3Cl2F11O3. The molecule has 3 nitrogen and oxygen atoms in total. The Labute approximate surface area is 157 Å². The van der Waals surface area contributed by atoms with Crippen LogP contribution < -0.4 is 4.74 Å². The van der Waals surface area contributed by atoms with Crippen molar-refractivity contribution in [2.75, 3.05) is 0 Å². The average Bonchev–Trinajstić information content (AvgIpc) is 2.42. The van der Waals surface area contributed by atoms with Crippen LogP contribution in [0.25, 0.3) is 0 Å². The van der Waals surface area contributed by atoms with Crippen molar-refractivity contribution in [3.63, 3.8) is 0 Å². The minimum absolute atomic E-state index is 0.238. The highest BCUT2D eigenvalue weighted by Crippen LogP contribution is 2.50. The summed E-state index contributed by atoms with van der Waals surface area (Å²) in [5.74, 6) is -7.87. The Balaban J connectivity index is 3.09. The van der Waals surface area contributed by atoms with Gasteiger partial charge in [-0.3, -0.25) is 0 Å². The highest BCUT2D eigenvalue weighted by molar-refractivity contribution is 6.34. The maximum Gasteiger partial charge on any atom is 0.527 e. The molecule has 0 aromatic heterocycles. The second-order valence-corrected chi connectivity index (χ2v) is 5.39. The van der Waals surface area contributed by atoms with Gasteiger partial charge >= 0.3 is 36.5 Å². The molecule has 0 spiro atoms. The maximum atomic E-state index is 13.3. The molecule has 0 amide bonds. The molecule has 1 aromatic carbocycles. The van der Waals surface area contributed by atoms with E-state index in [9.17, 15) is 48.3 Å². The number of alkyl halides is 9. The van der Waals surface area contributed by atoms with E-state index < -0.39 is 42.3 Å². The topological polar surface area (TPSA) is 27.7 Å². The Bertz CT molecular complexity index is 729. The zero-order valence-corrected chi connectivity index (χ0v) is 13.9. The minimum atomic E-state index is -7.10. The van der Waals surface area contributed by atoms with Crippen molar-refractivity contribution in [2.24, 2.45) is 0 Å². The third kappa shape index (κ3) is 5.91. The summed E-state index contributed by atoms with van der Waals surface area (Å²) in [6.45, 7) is 0. The molecule has 0 saturated carbocycles. The van der Waals surface area contributed by atoms with Crippen molar-refractivity contribution in [2.45, 2.75) is 24.5 Å². The van der Waals surface area contributed by atoms with Gasteiger partial charge in [0.05, 0.1) is 0 Å². The van der Waals surface area contributed by atoms with Crippen molar-refractivity contribution in [1.82, 2.24) is 0 Å². The van der Waals surface area contributed by atoms with Crippen LogP contribution in [0.15, 0.2) is 30.2 Å². The Morgan fingerprint density at radius 3 is 1.61 bits per heavy atom. The van der Waals surface area contributed by atoms with Gasteiger partial charge in [-0.25, -0.2) is 4.74 Å². The summed E-state index contributed by atoms with van der Waals surface area (Å²) in [5, 5.41) is -0.477. The predicted octanol–water partition coefficient (Wildman–Crippen LogP) is 6.81. The second kappa shape index (κ2) is 7.99. The highest BCUT2D eigenvalue weighted by Gasteiger charge is 2.78. The summed E-state index contributed by atoms with van der Waals surface area (Å²) >= 11 is 10.9. The molecule has 0 aliphatic rings. The number of hydrogen-bond donors (Lipinski definition) is 0. The van der Waals surface area contributed by atoms with E-state index in [4.69, 9.17) is 23.2 Å². The quantitative estimate of drug-likeness (QED) is 0.321. The van der Waals surface area contributed by atoms with E-state index in [1.807, 2.05) is 0 Å². The largest absolute Gasteiger partial charge is 0.527 e. The van der Waals surface area contributed by atoms with Crippen LogP contribution in [0.3, 0.4) is 0 Å². The van der Waals surface area contributed by atoms with Crippen molar-refractivity contribution >= 4 is 23.2 Å². The zero-order chi connectivity index (χ0) is 22.1. The van der Waals surface area contributed by atoms with Crippen LogP contribution in [0.2, 0.25) is 10.0 Å². The lowest BCUT2D eigenvalue weighted by Gasteiger charge is -2.31. The van der Waals surface area contributed by atoms with Gasteiger partial charge in [-0.2, -0.15) is 35.1 Å². The molecule has 0 N–H and O–H groups in total. The highest BCUT2D eigenvalue weighted by atomic mass is 35.5. The van der Waals surface area contributed by atoms with E-state index in [-0.39, 0.29) is 10.0 Å². The predicted molar refractivity (Wildman–Crippen MR) is 69.4 cm³/mol. The van der Waals surface area contributed by atoms with Crippen molar-refractivity contribution in [3.8, 4) is 5.75 Å². The Hall–Kier alpha value is -1.67. The van der Waals surface area contributed by atoms with Gasteiger partial charge in [-0.15, -0.1) is 13.2 Å². The summed E-state index contributed by atoms with van der Waals surface area (Å²) in [7, 11) is 0. The summed E-state index contributed by atoms with van der Waals surface area (Å²) < 4.78 is 147. The lowest BCUT2D eigenvalue weighted by atomic mass is 10.3. The fourth-order valence-electron chi connectivity index (χ4n) is 1.33. The molecule has 0 atom stereocenters. The van der Waals surface area contributed by atoms with Gasteiger partial charge in [-0.1, -0.05) is 23.2 Å². The molecule has 0 bridgehead atoms. The van der Waals surface area contributed by atoms with Gasteiger partial charge in [-0.05, 0) is 18.2 Å². The molecule has 0 aliphatic carbocycles. The van der Waals surface area contributed by atoms with Crippen LogP contribution in [-0.4, -0.2) is 24.5 Å². The molecule has 160 valence electrons. The first-order valence-corrected chi connectivity index (χ1v) is 6.92. The Kier molecular flexibility index (Phi) is 6.95. The molecule has 1 rings (SSSR count). The molecule has 0 heterocycles. The summed E-state index contributed by atoms with van der Waals surface area (Å²) in [5.41, 5.74) is 0. The van der Waals surface area contributed by atoms with Crippen LogP contribution >= 0.6 is 23.2 Å². The van der Waals surface area contributed by atoms with E-state index in [2.05, 4.69) is 9.47 Å². The molecule has 0 radical (unpaired) electrons. The van der Waals surface area contributed by atoms with Crippen molar-refractivity contribution < 1.29 is 62.5 Å². The SMILES string of the molecule is F/C(Oc1cc(Cl)cc(Cl)c1)=C(/F)OC(F)(F)C(F)(F)C(F)(F)OC(F)(F)F. The molecule has 1 aromatic rings. The molecular weight excluding hydrogens is 472 g/mol. The van der Waals surface area contributed by atoms with E-state index in [1.165, 1.54) is 0 Å². The van der Waals surface area contributed by atoms with Gasteiger partial charge < -0.3 is 9.47 Å². The van der Waals surface area contributed by atoms with E-state index in [0.717, 1.165) is 18.2 Å². The van der Waals surface area contributed by atoms with Gasteiger partial charge in [0, 0.05) is 10.0 Å². The summed E-state index contributed by atoms with van der Waals surface area (Å²) in [4.78, 5) is 0. The van der Waals surface area contributed by atoms with Gasteiger partial charge in [0.15, 0.2) is 0 Å². The van der Waals surface area contributed by atoms with Gasteiger partial charge in [0.1, 0.15) is 5.75 Å². The first kappa shape index (κ1) is 24.4. The molecule has 16 heteroatoms. The van der Waals surface area contributed by atoms with Crippen LogP contribution in [0.1, 0.15) is 0 Å². The molecule has 28 heavy (non-hydrogen) atoms. The maximum absolute atomic E-state index is 13.3. The van der Waals surface area contributed by atoms with Crippen LogP contribution in [0, 0.1) is 0 Å². The molecule has 0 fully saturated rings. The summed E-state index contributed by atoms with van der Waals surface area (Å²) in [6.07, 6.45) is -20.1. The molecule has 0 aliphatic heterocycles. The Morgan fingerprint density at radius 2 is 1.18 bits per heavy atom. The van der Waals surface area contributed by atoms with Gasteiger partial charge in [0.2, 0.25) is 0 Å². The van der Waals surface area contributed by atoms with Crippen molar-refractivity contribution in [1.29, 1.82) is 0 Å². The minimum Gasteiger partial charge on any atom is -0.427 e. The van der Waals surface area contributed by atoms with Gasteiger partial charge in [0.25, 0.3) is 0 Å². The second-order valence-electron chi connectivity index (χ2n) is 4.51. The standard InChI is InChI=1S/C12H3Cl2F11O3/c13-4-1-5(14)3-6(2-4)26-7(15)8(16)27-10(19,20)9(17,18)11(21,22)28-12(23,24)25/h1-3H/b8-7+. The van der Waals surface area contributed by atoms with Crippen LogP contribution in [0.5, 0.6) is 5.75 Å². The number of rotatable bonds is 7. The molecule has 0 unspecified atom stereocenters. The van der Waals surface area contributed by atoms with E-state index >= 15 is 0 Å². The first-order valence-electron chi connectivity index (χ1n) is 6.16. The van der Waals surface area contributed by atoms with E-state index in [0.29, 0.717) is 0 Å². The Morgan fingerprint density at radius 1 is 0.714 bits per heavy atom. The third-order valence-electron chi connectivity index (χ3n) is 2.39. The first-order chi connectivity index (χ1) is 12.4. The number of benzene rings is 1. The fraction of sp³-hybridized carbons (Fsp3) is 0.333. The van der Waals surface area contributed by atoms with Crippen molar-refractivity contribution in [3.05, 3.63) is 40.3 Å². The zero-order valence-electron chi connectivity index (χ0n) is 12.4. The average molecular weight is 475 g/mol. The van der Waals surface area contributed by atoms with E-state index in [1.54, 1.807) is 4.74 Å². The molecule has 0 saturated heterocycles. The number of ether oxygens (including phenoxy) is 3. The number of halogens is 13. The summed E-state index contributed by atoms with van der Waals surface area (Å²) in [6, 6.07) is -3.59. The number of hydrogen-bond acceptors (Lipinski definition) is 3. The van der Waals surface area contributed by atoms with Crippen LogP contribution in [0.4, 0.5) is 48.3 Å². The smallest absolute Gasteiger partial charge is 0.427 e.